The highest BCUT2D eigenvalue weighted by molar-refractivity contribution is 5.41. The van der Waals surface area contributed by atoms with Gasteiger partial charge in [-0.05, 0) is 25.8 Å². The molecule has 0 aliphatic heterocycles. The summed E-state index contributed by atoms with van der Waals surface area (Å²) in [6.07, 6.45) is 6.27. The van der Waals surface area contributed by atoms with Crippen LogP contribution in [-0.4, -0.2) is 24.1 Å². The van der Waals surface area contributed by atoms with E-state index in [1.807, 2.05) is 4.90 Å². The smallest absolute Gasteiger partial charge is 0.168 e. The van der Waals surface area contributed by atoms with Crippen LogP contribution in [0.3, 0.4) is 0 Å². The maximum absolute atomic E-state index is 13.8. The third kappa shape index (κ3) is 2.96. The number of aromatic nitrogens is 1. The highest BCUT2D eigenvalue weighted by Crippen LogP contribution is 2.28. The summed E-state index contributed by atoms with van der Waals surface area (Å²) in [5.41, 5.74) is 5.51. The molecule has 1 fully saturated rings. The highest BCUT2D eigenvalue weighted by Gasteiger charge is 2.25. The Kier molecular flexibility index (Phi) is 4.47. The number of hydrogen-bond acceptors (Lipinski definition) is 3. The van der Waals surface area contributed by atoms with Gasteiger partial charge in [-0.25, -0.2) is 13.8 Å². The molecule has 3 nitrogen and oxygen atoms in total. The Bertz CT molecular complexity index is 392. The molecule has 1 heterocycles. The summed E-state index contributed by atoms with van der Waals surface area (Å²) < 4.78 is 26.7. The van der Waals surface area contributed by atoms with E-state index in [4.69, 9.17) is 5.73 Å². The maximum Gasteiger partial charge on any atom is 0.168 e. The number of halogens is 2. The highest BCUT2D eigenvalue weighted by atomic mass is 19.1. The lowest BCUT2D eigenvalue weighted by Gasteiger charge is -2.30. The zero-order valence-electron chi connectivity index (χ0n) is 10.4. The predicted octanol–water partition coefficient (Wildman–Crippen LogP) is 2.46. The Morgan fingerprint density at radius 2 is 2.06 bits per heavy atom. The first kappa shape index (κ1) is 13.2. The van der Waals surface area contributed by atoms with Crippen molar-refractivity contribution < 1.29 is 8.78 Å². The molecule has 100 valence electrons. The van der Waals surface area contributed by atoms with Crippen molar-refractivity contribution in [2.75, 3.05) is 18.0 Å². The Morgan fingerprint density at radius 1 is 1.33 bits per heavy atom. The zero-order valence-corrected chi connectivity index (χ0v) is 10.4. The molecule has 1 aromatic heterocycles. The first-order chi connectivity index (χ1) is 8.72. The predicted molar refractivity (Wildman–Crippen MR) is 67.4 cm³/mol. The standard InChI is InChI=1S/C13H19F2N3/c14-10-8-12(15)13(17-9-10)18(7-3-6-16)11-4-1-2-5-11/h8-9,11H,1-7,16H2. The second-order valence-corrected chi connectivity index (χ2v) is 4.73. The lowest BCUT2D eigenvalue weighted by Crippen LogP contribution is -2.36. The van der Waals surface area contributed by atoms with Gasteiger partial charge in [0.15, 0.2) is 11.6 Å². The van der Waals surface area contributed by atoms with Crippen molar-refractivity contribution in [1.29, 1.82) is 0 Å². The van der Waals surface area contributed by atoms with Crippen molar-refractivity contribution in [2.24, 2.45) is 5.73 Å². The van der Waals surface area contributed by atoms with Gasteiger partial charge < -0.3 is 10.6 Å². The van der Waals surface area contributed by atoms with E-state index in [-0.39, 0.29) is 5.82 Å². The van der Waals surface area contributed by atoms with Crippen LogP contribution in [0.25, 0.3) is 0 Å². The van der Waals surface area contributed by atoms with Crippen LogP contribution in [0.1, 0.15) is 32.1 Å². The normalized spacial score (nSPS) is 16.2. The molecule has 0 unspecified atom stereocenters. The number of pyridine rings is 1. The van der Waals surface area contributed by atoms with E-state index in [2.05, 4.69) is 4.98 Å². The molecular weight excluding hydrogens is 236 g/mol. The van der Waals surface area contributed by atoms with Crippen molar-refractivity contribution in [3.8, 4) is 0 Å². The molecule has 0 atom stereocenters. The van der Waals surface area contributed by atoms with Gasteiger partial charge in [0.25, 0.3) is 0 Å². The van der Waals surface area contributed by atoms with Gasteiger partial charge in [-0.15, -0.1) is 0 Å². The fraction of sp³-hybridized carbons (Fsp3) is 0.615. The molecule has 5 heteroatoms. The minimum Gasteiger partial charge on any atom is -0.351 e. The molecule has 2 rings (SSSR count). The van der Waals surface area contributed by atoms with Crippen molar-refractivity contribution >= 4 is 5.82 Å². The van der Waals surface area contributed by atoms with Crippen LogP contribution in [-0.2, 0) is 0 Å². The van der Waals surface area contributed by atoms with Gasteiger partial charge in [0, 0.05) is 18.7 Å². The summed E-state index contributed by atoms with van der Waals surface area (Å²) in [5.74, 6) is -0.961. The minimum atomic E-state index is -0.638. The van der Waals surface area contributed by atoms with Crippen molar-refractivity contribution in [3.63, 3.8) is 0 Å². The third-order valence-corrected chi connectivity index (χ3v) is 3.43. The van der Waals surface area contributed by atoms with Gasteiger partial charge in [0.05, 0.1) is 6.20 Å². The fourth-order valence-electron chi connectivity index (χ4n) is 2.56. The van der Waals surface area contributed by atoms with Gasteiger partial charge in [-0.1, -0.05) is 12.8 Å². The Balaban J connectivity index is 2.20. The molecule has 0 saturated heterocycles. The average Bonchev–Trinajstić information content (AvgIpc) is 2.85. The minimum absolute atomic E-state index is 0.261. The van der Waals surface area contributed by atoms with Gasteiger partial charge >= 0.3 is 0 Å². The van der Waals surface area contributed by atoms with Gasteiger partial charge in [-0.3, -0.25) is 0 Å². The number of hydrogen-bond donors (Lipinski definition) is 1. The van der Waals surface area contributed by atoms with Gasteiger partial charge in [-0.2, -0.15) is 0 Å². The summed E-state index contributed by atoms with van der Waals surface area (Å²) in [6.45, 7) is 1.24. The molecular formula is C13H19F2N3. The molecule has 18 heavy (non-hydrogen) atoms. The SMILES string of the molecule is NCCCN(c1ncc(F)cc1F)C1CCCC1. The molecule has 1 saturated carbocycles. The van der Waals surface area contributed by atoms with Crippen molar-refractivity contribution in [1.82, 2.24) is 4.98 Å². The molecule has 0 amide bonds. The third-order valence-electron chi connectivity index (χ3n) is 3.43. The number of anilines is 1. The number of nitrogens with two attached hydrogens (primary N) is 1. The fourth-order valence-corrected chi connectivity index (χ4v) is 2.56. The quantitative estimate of drug-likeness (QED) is 0.878. The Labute approximate surface area is 106 Å². The largest absolute Gasteiger partial charge is 0.351 e. The second kappa shape index (κ2) is 6.09. The lowest BCUT2D eigenvalue weighted by atomic mass is 10.2. The van der Waals surface area contributed by atoms with E-state index in [1.54, 1.807) is 0 Å². The number of nitrogens with zero attached hydrogens (tertiary/aromatic N) is 2. The molecule has 0 aromatic carbocycles. The summed E-state index contributed by atoms with van der Waals surface area (Å²) in [7, 11) is 0. The molecule has 1 aliphatic rings. The van der Waals surface area contributed by atoms with Crippen LogP contribution in [0.4, 0.5) is 14.6 Å². The van der Waals surface area contributed by atoms with E-state index >= 15 is 0 Å². The zero-order chi connectivity index (χ0) is 13.0. The second-order valence-electron chi connectivity index (χ2n) is 4.73. The van der Waals surface area contributed by atoms with E-state index in [0.717, 1.165) is 44.4 Å². The van der Waals surface area contributed by atoms with E-state index in [1.165, 1.54) is 0 Å². The molecule has 0 spiro atoms. The summed E-state index contributed by atoms with van der Waals surface area (Å²) in [4.78, 5) is 5.86. The van der Waals surface area contributed by atoms with E-state index in [9.17, 15) is 8.78 Å². The Morgan fingerprint density at radius 3 is 2.67 bits per heavy atom. The van der Waals surface area contributed by atoms with E-state index < -0.39 is 11.6 Å². The average molecular weight is 255 g/mol. The van der Waals surface area contributed by atoms with Crippen LogP contribution in [0.2, 0.25) is 0 Å². The summed E-state index contributed by atoms with van der Waals surface area (Å²) in [6, 6.07) is 1.20. The summed E-state index contributed by atoms with van der Waals surface area (Å²) >= 11 is 0. The molecule has 1 aromatic rings. The Hall–Kier alpha value is -1.23. The lowest BCUT2D eigenvalue weighted by molar-refractivity contribution is 0.537. The molecule has 1 aliphatic carbocycles. The van der Waals surface area contributed by atoms with Crippen LogP contribution in [0.15, 0.2) is 12.3 Å². The van der Waals surface area contributed by atoms with E-state index in [0.29, 0.717) is 19.1 Å². The summed E-state index contributed by atoms with van der Waals surface area (Å²) in [5, 5.41) is 0. The van der Waals surface area contributed by atoms with Crippen LogP contribution < -0.4 is 10.6 Å². The van der Waals surface area contributed by atoms with Gasteiger partial charge in [0.1, 0.15) is 5.82 Å². The molecule has 0 radical (unpaired) electrons. The molecule has 0 bridgehead atoms. The monoisotopic (exact) mass is 255 g/mol. The van der Waals surface area contributed by atoms with Crippen molar-refractivity contribution in [2.45, 2.75) is 38.1 Å². The van der Waals surface area contributed by atoms with Gasteiger partial charge in [0.2, 0.25) is 0 Å². The first-order valence-electron chi connectivity index (χ1n) is 6.50. The van der Waals surface area contributed by atoms with Crippen molar-refractivity contribution in [3.05, 3.63) is 23.9 Å². The van der Waals surface area contributed by atoms with Crippen LogP contribution in [0.5, 0.6) is 0 Å². The number of rotatable bonds is 5. The first-order valence-corrected chi connectivity index (χ1v) is 6.50. The molecule has 2 N–H and O–H groups in total. The van der Waals surface area contributed by atoms with Crippen LogP contribution in [0, 0.1) is 11.6 Å². The maximum atomic E-state index is 13.8. The topological polar surface area (TPSA) is 42.1 Å². The van der Waals surface area contributed by atoms with Crippen LogP contribution >= 0.6 is 0 Å².